The van der Waals surface area contributed by atoms with Crippen LogP contribution < -0.4 is 10.6 Å². The Balaban J connectivity index is 2.34. The number of alkyl carbamates (subject to hydrolysis) is 1. The van der Waals surface area contributed by atoms with Crippen LogP contribution in [-0.2, 0) is 16.6 Å². The van der Waals surface area contributed by atoms with Gasteiger partial charge in [-0.05, 0) is 68.2 Å². The third kappa shape index (κ3) is 4.68. The van der Waals surface area contributed by atoms with Crippen molar-refractivity contribution in [2.24, 2.45) is 0 Å². The molecule has 0 saturated carbocycles. The van der Waals surface area contributed by atoms with E-state index in [0.29, 0.717) is 0 Å². The van der Waals surface area contributed by atoms with E-state index >= 15 is 0 Å². The fourth-order valence-electron chi connectivity index (χ4n) is 3.49. The summed E-state index contributed by atoms with van der Waals surface area (Å²) in [6, 6.07) is 4.53. The maximum absolute atomic E-state index is 12.2. The molecule has 0 bridgehead atoms. The van der Waals surface area contributed by atoms with Gasteiger partial charge < -0.3 is 15.4 Å². The summed E-state index contributed by atoms with van der Waals surface area (Å²) in [5, 5.41) is 6.59. The third-order valence-corrected chi connectivity index (χ3v) is 4.93. The minimum absolute atomic E-state index is 0.0399. The minimum Gasteiger partial charge on any atom is -0.444 e. The average Bonchev–Trinajstić information content (AvgIpc) is 2.49. The molecule has 1 aromatic carbocycles. The van der Waals surface area contributed by atoms with Gasteiger partial charge in [0.25, 0.3) is 0 Å². The maximum Gasteiger partial charge on any atom is 0.408 e. The minimum atomic E-state index is -0.489. The van der Waals surface area contributed by atoms with Crippen molar-refractivity contribution in [3.05, 3.63) is 28.8 Å². The molecule has 0 aliphatic carbocycles. The van der Waals surface area contributed by atoms with Gasteiger partial charge >= 0.3 is 6.09 Å². The van der Waals surface area contributed by atoms with Crippen LogP contribution in [0.3, 0.4) is 0 Å². The topological polar surface area (TPSA) is 50.4 Å². The summed E-state index contributed by atoms with van der Waals surface area (Å²) in [7, 11) is 0. The van der Waals surface area contributed by atoms with Crippen LogP contribution in [0, 0.1) is 0 Å². The summed E-state index contributed by atoms with van der Waals surface area (Å²) in [6.07, 6.45) is 2.56. The van der Waals surface area contributed by atoms with E-state index < -0.39 is 5.60 Å². The van der Waals surface area contributed by atoms with E-state index in [1.54, 1.807) is 0 Å². The Labute approximate surface area is 152 Å². The number of ether oxygens (including phenoxy) is 1. The van der Waals surface area contributed by atoms with E-state index in [4.69, 9.17) is 4.74 Å². The summed E-state index contributed by atoms with van der Waals surface area (Å²) < 4.78 is 5.45. The molecule has 1 heterocycles. The number of fused-ring (bicyclic) bond motifs is 1. The van der Waals surface area contributed by atoms with Crippen LogP contribution >= 0.6 is 0 Å². The lowest BCUT2D eigenvalue weighted by molar-refractivity contribution is 0.0502. The molecule has 2 rings (SSSR count). The van der Waals surface area contributed by atoms with Crippen LogP contribution in [-0.4, -0.2) is 18.2 Å². The van der Waals surface area contributed by atoms with Crippen molar-refractivity contribution < 1.29 is 9.53 Å². The molecule has 4 heteroatoms. The Morgan fingerprint density at radius 3 is 2.56 bits per heavy atom. The predicted molar refractivity (Wildman–Crippen MR) is 104 cm³/mol. The molecule has 25 heavy (non-hydrogen) atoms. The zero-order chi connectivity index (χ0) is 18.8. The van der Waals surface area contributed by atoms with E-state index in [0.717, 1.165) is 25.8 Å². The van der Waals surface area contributed by atoms with E-state index in [1.165, 1.54) is 22.4 Å². The van der Waals surface area contributed by atoms with Crippen LogP contribution in [0.25, 0.3) is 0 Å². The van der Waals surface area contributed by atoms with Crippen molar-refractivity contribution in [1.82, 2.24) is 5.32 Å². The molecule has 0 radical (unpaired) electrons. The molecular formula is C21H34N2O2. The second-order valence-electron chi connectivity index (χ2n) is 8.62. The lowest BCUT2D eigenvalue weighted by Crippen LogP contribution is -2.35. The van der Waals surface area contributed by atoms with Crippen LogP contribution in [0.2, 0.25) is 0 Å². The lowest BCUT2D eigenvalue weighted by Gasteiger charge is -2.35. The van der Waals surface area contributed by atoms with Crippen molar-refractivity contribution >= 4 is 11.8 Å². The van der Waals surface area contributed by atoms with Crippen molar-refractivity contribution in [3.63, 3.8) is 0 Å². The number of benzene rings is 1. The van der Waals surface area contributed by atoms with E-state index in [-0.39, 0.29) is 17.6 Å². The number of nitrogens with one attached hydrogen (secondary N) is 2. The zero-order valence-electron chi connectivity index (χ0n) is 16.9. The Bertz CT molecular complexity index is 630. The van der Waals surface area contributed by atoms with Gasteiger partial charge in [0.05, 0.1) is 6.04 Å². The summed E-state index contributed by atoms with van der Waals surface area (Å²) in [5.41, 5.74) is 4.78. The van der Waals surface area contributed by atoms with Gasteiger partial charge in [-0.1, -0.05) is 33.8 Å². The first-order chi connectivity index (χ1) is 11.6. The Morgan fingerprint density at radius 2 is 2.00 bits per heavy atom. The molecule has 0 aromatic heterocycles. The van der Waals surface area contributed by atoms with Gasteiger partial charge in [-0.2, -0.15) is 0 Å². The summed E-state index contributed by atoms with van der Waals surface area (Å²) in [4.78, 5) is 12.2. The number of hydrogen-bond donors (Lipinski definition) is 2. The van der Waals surface area contributed by atoms with Crippen molar-refractivity contribution in [3.8, 4) is 0 Å². The maximum atomic E-state index is 12.2. The van der Waals surface area contributed by atoms with Gasteiger partial charge in [0, 0.05) is 12.2 Å². The largest absolute Gasteiger partial charge is 0.444 e. The second-order valence-corrected chi connectivity index (χ2v) is 8.62. The van der Waals surface area contributed by atoms with Gasteiger partial charge in [-0.15, -0.1) is 0 Å². The second kappa shape index (κ2) is 7.27. The van der Waals surface area contributed by atoms with Crippen molar-refractivity contribution in [2.45, 2.75) is 84.8 Å². The van der Waals surface area contributed by atoms with Gasteiger partial charge in [-0.3, -0.25) is 0 Å². The molecule has 0 spiro atoms. The first kappa shape index (κ1) is 19.6. The predicted octanol–water partition coefficient (Wildman–Crippen LogP) is 5.32. The molecule has 2 N–H and O–H groups in total. The number of carbonyl (C=O) groups is 1. The Hall–Kier alpha value is -1.71. The molecule has 1 aromatic rings. The van der Waals surface area contributed by atoms with Gasteiger partial charge in [0.2, 0.25) is 0 Å². The lowest BCUT2D eigenvalue weighted by atomic mass is 9.76. The number of aryl methyl sites for hydroxylation is 1. The number of hydrogen-bond acceptors (Lipinski definition) is 3. The highest BCUT2D eigenvalue weighted by Gasteiger charge is 2.29. The molecule has 1 atom stereocenters. The van der Waals surface area contributed by atoms with E-state index in [9.17, 15) is 4.79 Å². The molecule has 0 saturated heterocycles. The first-order valence-corrected chi connectivity index (χ1v) is 9.48. The number of amides is 1. The first-order valence-electron chi connectivity index (χ1n) is 9.48. The van der Waals surface area contributed by atoms with E-state index in [2.05, 4.69) is 50.5 Å². The molecular weight excluding hydrogens is 312 g/mol. The van der Waals surface area contributed by atoms with Crippen molar-refractivity contribution in [1.29, 1.82) is 0 Å². The summed E-state index contributed by atoms with van der Waals surface area (Å²) in [5.74, 6) is 0. The SMILES string of the molecule is CCc1cc2c(cc1C(CC)NC(=O)OC(C)(C)C)NCCC2(C)C. The fraction of sp³-hybridized carbons (Fsp3) is 0.667. The van der Waals surface area contributed by atoms with Crippen molar-refractivity contribution in [2.75, 3.05) is 11.9 Å². The van der Waals surface area contributed by atoms with Gasteiger partial charge in [-0.25, -0.2) is 4.79 Å². The number of rotatable bonds is 4. The molecule has 1 aliphatic rings. The molecule has 1 amide bonds. The van der Waals surface area contributed by atoms with Crippen LogP contribution in [0.15, 0.2) is 12.1 Å². The quantitative estimate of drug-likeness (QED) is 0.776. The van der Waals surface area contributed by atoms with Gasteiger partial charge in [0.15, 0.2) is 0 Å². The monoisotopic (exact) mass is 346 g/mol. The highest BCUT2D eigenvalue weighted by atomic mass is 16.6. The fourth-order valence-corrected chi connectivity index (χ4v) is 3.49. The molecule has 1 unspecified atom stereocenters. The highest BCUT2D eigenvalue weighted by Crippen LogP contribution is 2.39. The standard InChI is InChI=1S/C21H34N2O2/c1-8-14-12-16-18(22-11-10-21(16,6)7)13-15(14)17(9-2)23-19(24)25-20(3,4)5/h12-13,17,22H,8-11H2,1-7H3,(H,23,24). The summed E-state index contributed by atoms with van der Waals surface area (Å²) >= 11 is 0. The number of carbonyl (C=O) groups excluding carboxylic acids is 1. The number of anilines is 1. The summed E-state index contributed by atoms with van der Waals surface area (Å²) in [6.45, 7) is 15.5. The third-order valence-electron chi connectivity index (χ3n) is 4.93. The van der Waals surface area contributed by atoms with Crippen LogP contribution in [0.5, 0.6) is 0 Å². The zero-order valence-corrected chi connectivity index (χ0v) is 16.9. The molecule has 140 valence electrons. The van der Waals surface area contributed by atoms with Gasteiger partial charge in [0.1, 0.15) is 5.60 Å². The van der Waals surface area contributed by atoms with E-state index in [1.807, 2.05) is 20.8 Å². The average molecular weight is 347 g/mol. The Morgan fingerprint density at radius 1 is 1.32 bits per heavy atom. The van der Waals surface area contributed by atoms with Crippen LogP contribution in [0.1, 0.15) is 84.0 Å². The smallest absolute Gasteiger partial charge is 0.408 e. The molecule has 4 nitrogen and oxygen atoms in total. The molecule has 0 fully saturated rings. The Kier molecular flexibility index (Phi) is 5.70. The highest BCUT2D eigenvalue weighted by molar-refractivity contribution is 5.69. The molecule has 1 aliphatic heterocycles. The normalized spacial score (nSPS) is 17.2. The van der Waals surface area contributed by atoms with Crippen LogP contribution in [0.4, 0.5) is 10.5 Å².